The predicted octanol–water partition coefficient (Wildman–Crippen LogP) is 1.18. The molecule has 0 amide bonds. The average molecular weight is 207 g/mol. The summed E-state index contributed by atoms with van der Waals surface area (Å²) in [5.41, 5.74) is 0. The van der Waals surface area contributed by atoms with Crippen LogP contribution in [0.4, 0.5) is 0 Å². The van der Waals surface area contributed by atoms with Crippen molar-refractivity contribution in [1.82, 2.24) is 5.32 Å². The van der Waals surface area contributed by atoms with E-state index in [4.69, 9.17) is 10.8 Å². The third-order valence-electron chi connectivity index (χ3n) is 1.88. The van der Waals surface area contributed by atoms with Crippen LogP contribution < -0.4 is 5.32 Å². The molecule has 15 heavy (non-hydrogen) atoms. The van der Waals surface area contributed by atoms with Crippen molar-refractivity contribution in [1.29, 1.82) is 0 Å². The maximum Gasteiger partial charge on any atom is 0.373 e. The Morgan fingerprint density at radius 1 is 1.73 bits per heavy atom. The van der Waals surface area contributed by atoms with Crippen LogP contribution >= 0.6 is 0 Å². The van der Waals surface area contributed by atoms with E-state index in [9.17, 15) is 4.79 Å². The highest BCUT2D eigenvalue weighted by Gasteiger charge is 2.10. The first kappa shape index (κ1) is 11.3. The number of carbonyl (C=O) groups excluding carboxylic acids is 1. The van der Waals surface area contributed by atoms with Crippen molar-refractivity contribution in [2.24, 2.45) is 0 Å². The lowest BCUT2D eigenvalue weighted by Crippen LogP contribution is -2.23. The minimum absolute atomic E-state index is 0.0309. The number of carbonyl (C=O) groups is 1. The van der Waals surface area contributed by atoms with Gasteiger partial charge < -0.3 is 9.15 Å². The second-order valence-corrected chi connectivity index (χ2v) is 3.03. The SMILES string of the molecule is C#CC(C)NCc1ccc(C(=O)OC)o1. The van der Waals surface area contributed by atoms with E-state index in [0.29, 0.717) is 12.3 Å². The van der Waals surface area contributed by atoms with Gasteiger partial charge in [0.05, 0.1) is 19.7 Å². The lowest BCUT2D eigenvalue weighted by atomic mass is 10.3. The predicted molar refractivity (Wildman–Crippen MR) is 55.2 cm³/mol. The van der Waals surface area contributed by atoms with Crippen LogP contribution in [0.1, 0.15) is 23.2 Å². The molecule has 0 saturated carbocycles. The van der Waals surface area contributed by atoms with E-state index in [2.05, 4.69) is 16.0 Å². The monoisotopic (exact) mass is 207 g/mol. The fourth-order valence-electron chi connectivity index (χ4n) is 0.996. The standard InChI is InChI=1S/C11H13NO3/c1-4-8(2)12-7-9-5-6-10(15-9)11(13)14-3/h1,5-6,8,12H,7H2,2-3H3. The van der Waals surface area contributed by atoms with Crippen molar-refractivity contribution < 1.29 is 13.9 Å². The second kappa shape index (κ2) is 5.23. The van der Waals surface area contributed by atoms with Crippen molar-refractivity contribution in [3.8, 4) is 12.3 Å². The number of hydrogen-bond acceptors (Lipinski definition) is 4. The molecule has 1 rings (SSSR count). The van der Waals surface area contributed by atoms with Crippen molar-refractivity contribution >= 4 is 5.97 Å². The molecule has 0 aromatic carbocycles. The Bertz CT molecular complexity index is 375. The van der Waals surface area contributed by atoms with Crippen LogP contribution in [0.15, 0.2) is 16.5 Å². The Hall–Kier alpha value is -1.73. The molecular weight excluding hydrogens is 194 g/mol. The molecule has 80 valence electrons. The van der Waals surface area contributed by atoms with Gasteiger partial charge in [-0.05, 0) is 19.1 Å². The molecule has 1 heterocycles. The highest BCUT2D eigenvalue weighted by atomic mass is 16.5. The summed E-state index contributed by atoms with van der Waals surface area (Å²) in [5.74, 6) is 2.90. The zero-order chi connectivity index (χ0) is 11.3. The highest BCUT2D eigenvalue weighted by Crippen LogP contribution is 2.08. The number of ether oxygens (including phenoxy) is 1. The number of rotatable bonds is 4. The molecule has 0 saturated heterocycles. The van der Waals surface area contributed by atoms with E-state index >= 15 is 0 Å². The number of terminal acetylenes is 1. The Labute approximate surface area is 88.6 Å². The summed E-state index contributed by atoms with van der Waals surface area (Å²) in [4.78, 5) is 11.1. The van der Waals surface area contributed by atoms with Crippen LogP contribution in [0.25, 0.3) is 0 Å². The number of hydrogen-bond donors (Lipinski definition) is 1. The lowest BCUT2D eigenvalue weighted by molar-refractivity contribution is 0.0563. The van der Waals surface area contributed by atoms with E-state index in [0.717, 1.165) is 0 Å². The zero-order valence-electron chi connectivity index (χ0n) is 8.74. The van der Waals surface area contributed by atoms with Crippen molar-refractivity contribution in [3.05, 3.63) is 23.7 Å². The largest absolute Gasteiger partial charge is 0.463 e. The van der Waals surface area contributed by atoms with Gasteiger partial charge in [0.25, 0.3) is 0 Å². The van der Waals surface area contributed by atoms with Crippen molar-refractivity contribution in [2.75, 3.05) is 7.11 Å². The van der Waals surface area contributed by atoms with Crippen LogP contribution in [-0.4, -0.2) is 19.1 Å². The maximum absolute atomic E-state index is 11.1. The van der Waals surface area contributed by atoms with E-state index in [1.165, 1.54) is 7.11 Å². The summed E-state index contributed by atoms with van der Waals surface area (Å²) >= 11 is 0. The molecular formula is C11H13NO3. The summed E-state index contributed by atoms with van der Waals surface area (Å²) < 4.78 is 9.74. The highest BCUT2D eigenvalue weighted by molar-refractivity contribution is 5.86. The number of methoxy groups -OCH3 is 1. The van der Waals surface area contributed by atoms with Crippen LogP contribution in [0, 0.1) is 12.3 Å². The van der Waals surface area contributed by atoms with E-state index in [1.807, 2.05) is 6.92 Å². The van der Waals surface area contributed by atoms with Gasteiger partial charge in [-0.15, -0.1) is 6.42 Å². The van der Waals surface area contributed by atoms with Crippen LogP contribution in [0.3, 0.4) is 0 Å². The summed E-state index contributed by atoms with van der Waals surface area (Å²) in [5, 5.41) is 3.04. The molecule has 1 atom stereocenters. The van der Waals surface area contributed by atoms with E-state index < -0.39 is 5.97 Å². The first-order valence-corrected chi connectivity index (χ1v) is 4.54. The third kappa shape index (κ3) is 3.15. The van der Waals surface area contributed by atoms with Crippen molar-refractivity contribution in [3.63, 3.8) is 0 Å². The van der Waals surface area contributed by atoms with Gasteiger partial charge in [0, 0.05) is 0 Å². The average Bonchev–Trinajstić information content (AvgIpc) is 2.73. The molecule has 0 spiro atoms. The molecule has 0 aliphatic carbocycles. The molecule has 0 aliphatic rings. The molecule has 0 radical (unpaired) electrons. The van der Waals surface area contributed by atoms with Gasteiger partial charge in [-0.3, -0.25) is 5.32 Å². The van der Waals surface area contributed by atoms with Crippen LogP contribution in [0.2, 0.25) is 0 Å². The van der Waals surface area contributed by atoms with Gasteiger partial charge in [-0.1, -0.05) is 5.92 Å². The fraction of sp³-hybridized carbons (Fsp3) is 0.364. The summed E-state index contributed by atoms with van der Waals surface area (Å²) in [6.07, 6.45) is 5.19. The maximum atomic E-state index is 11.1. The number of furan rings is 1. The topological polar surface area (TPSA) is 51.5 Å². The zero-order valence-corrected chi connectivity index (χ0v) is 8.74. The molecule has 1 aromatic heterocycles. The first-order valence-electron chi connectivity index (χ1n) is 4.54. The molecule has 0 fully saturated rings. The van der Waals surface area contributed by atoms with Gasteiger partial charge in [-0.2, -0.15) is 0 Å². The second-order valence-electron chi connectivity index (χ2n) is 3.03. The van der Waals surface area contributed by atoms with Crippen LogP contribution in [0.5, 0.6) is 0 Å². The van der Waals surface area contributed by atoms with Gasteiger partial charge in [0.1, 0.15) is 5.76 Å². The first-order chi connectivity index (χ1) is 7.17. The third-order valence-corrected chi connectivity index (χ3v) is 1.88. The molecule has 1 aromatic rings. The van der Waals surface area contributed by atoms with Crippen molar-refractivity contribution in [2.45, 2.75) is 19.5 Å². The minimum atomic E-state index is -0.480. The Balaban J connectivity index is 2.54. The van der Waals surface area contributed by atoms with Gasteiger partial charge in [0.15, 0.2) is 0 Å². The molecule has 0 aliphatic heterocycles. The van der Waals surface area contributed by atoms with E-state index in [1.54, 1.807) is 12.1 Å². The summed E-state index contributed by atoms with van der Waals surface area (Å²) in [7, 11) is 1.31. The molecule has 1 N–H and O–H groups in total. The molecule has 4 nitrogen and oxygen atoms in total. The molecule has 4 heteroatoms. The fourth-order valence-corrected chi connectivity index (χ4v) is 0.996. The quantitative estimate of drug-likeness (QED) is 0.595. The smallest absolute Gasteiger partial charge is 0.373 e. The number of esters is 1. The van der Waals surface area contributed by atoms with Crippen LogP contribution in [-0.2, 0) is 11.3 Å². The lowest BCUT2D eigenvalue weighted by Gasteiger charge is -2.04. The molecule has 1 unspecified atom stereocenters. The number of nitrogens with one attached hydrogen (secondary N) is 1. The van der Waals surface area contributed by atoms with Gasteiger partial charge in [-0.25, -0.2) is 4.79 Å². The Kier molecular flexibility index (Phi) is 3.95. The minimum Gasteiger partial charge on any atom is -0.463 e. The summed E-state index contributed by atoms with van der Waals surface area (Å²) in [6, 6.07) is 3.25. The normalized spacial score (nSPS) is 11.8. The Morgan fingerprint density at radius 2 is 2.47 bits per heavy atom. The van der Waals surface area contributed by atoms with Gasteiger partial charge in [0.2, 0.25) is 5.76 Å². The summed E-state index contributed by atoms with van der Waals surface area (Å²) in [6.45, 7) is 2.35. The van der Waals surface area contributed by atoms with E-state index in [-0.39, 0.29) is 11.8 Å². The molecule has 0 bridgehead atoms. The Morgan fingerprint density at radius 3 is 3.07 bits per heavy atom. The van der Waals surface area contributed by atoms with Gasteiger partial charge >= 0.3 is 5.97 Å².